The lowest BCUT2D eigenvalue weighted by Crippen LogP contribution is -2.42. The molecule has 1 aromatic heterocycles. The van der Waals surface area contributed by atoms with Crippen molar-refractivity contribution in [2.24, 2.45) is 7.05 Å². The number of urea groups is 1. The molecule has 2 N–H and O–H groups in total. The van der Waals surface area contributed by atoms with Gasteiger partial charge in [-0.3, -0.25) is 4.68 Å². The summed E-state index contributed by atoms with van der Waals surface area (Å²) in [6, 6.07) is 4.45. The van der Waals surface area contributed by atoms with Gasteiger partial charge in [-0.25, -0.2) is 9.18 Å². The summed E-state index contributed by atoms with van der Waals surface area (Å²) in [5.74, 6) is -0.260. The summed E-state index contributed by atoms with van der Waals surface area (Å²) in [6.45, 7) is 6.00. The second-order valence-electron chi connectivity index (χ2n) is 6.93. The van der Waals surface area contributed by atoms with Crippen LogP contribution in [0, 0.1) is 19.7 Å². The van der Waals surface area contributed by atoms with Gasteiger partial charge < -0.3 is 10.6 Å². The minimum absolute atomic E-state index is 0.0185. The Bertz CT molecular complexity index is 799. The van der Waals surface area contributed by atoms with Crippen molar-refractivity contribution in [2.45, 2.75) is 52.1 Å². The number of nitrogens with one attached hydrogen (secondary N) is 2. The van der Waals surface area contributed by atoms with Gasteiger partial charge in [0.15, 0.2) is 0 Å². The zero-order valence-corrected chi connectivity index (χ0v) is 15.2. The van der Waals surface area contributed by atoms with Crippen LogP contribution in [0.4, 0.5) is 9.18 Å². The highest BCUT2D eigenvalue weighted by molar-refractivity contribution is 5.75. The molecule has 0 saturated heterocycles. The van der Waals surface area contributed by atoms with E-state index in [2.05, 4.69) is 15.7 Å². The third-order valence-electron chi connectivity index (χ3n) is 5.04. The van der Waals surface area contributed by atoms with Gasteiger partial charge in [0.2, 0.25) is 0 Å². The Balaban J connectivity index is 1.59. The van der Waals surface area contributed by atoms with Gasteiger partial charge in [-0.05, 0) is 68.9 Å². The highest BCUT2D eigenvalue weighted by Crippen LogP contribution is 2.31. The Kier molecular flexibility index (Phi) is 4.79. The Morgan fingerprint density at radius 2 is 2.20 bits per heavy atom. The summed E-state index contributed by atoms with van der Waals surface area (Å²) in [7, 11) is 1.92. The molecule has 3 rings (SSSR count). The molecule has 0 bridgehead atoms. The molecular weight excluding hydrogens is 319 g/mol. The molecule has 0 radical (unpaired) electrons. The molecular formula is C19H25FN4O. The van der Waals surface area contributed by atoms with Gasteiger partial charge in [0, 0.05) is 18.8 Å². The molecule has 0 aliphatic heterocycles. The molecule has 0 saturated carbocycles. The normalized spacial score (nSPS) is 17.2. The molecule has 2 aromatic rings. The fourth-order valence-electron chi connectivity index (χ4n) is 3.62. The Hall–Kier alpha value is -2.37. The monoisotopic (exact) mass is 344 g/mol. The standard InChI is InChI=1S/C19H25FN4O/c1-11(9-16-12(2)23-24(4)13(16)3)21-19(25)22-18-8-6-14-5-7-15(20)10-17(14)18/h5,7,10-11,18H,6,8-9H2,1-4H3,(H2,21,22,25)/t11-,18+/m1/s1. The number of hydrogen-bond donors (Lipinski definition) is 2. The number of hydrogen-bond acceptors (Lipinski definition) is 2. The van der Waals surface area contributed by atoms with Gasteiger partial charge >= 0.3 is 6.03 Å². The van der Waals surface area contributed by atoms with Crippen LogP contribution in [0.3, 0.4) is 0 Å². The number of aryl methyl sites for hydroxylation is 3. The van der Waals surface area contributed by atoms with Gasteiger partial charge in [-0.2, -0.15) is 5.10 Å². The average molecular weight is 344 g/mol. The van der Waals surface area contributed by atoms with E-state index in [-0.39, 0.29) is 23.9 Å². The van der Waals surface area contributed by atoms with Gasteiger partial charge in [-0.15, -0.1) is 0 Å². The minimum Gasteiger partial charge on any atom is -0.335 e. The first kappa shape index (κ1) is 17.5. The molecule has 0 fully saturated rings. The summed E-state index contributed by atoms with van der Waals surface area (Å²) in [5, 5.41) is 10.4. The van der Waals surface area contributed by atoms with Gasteiger partial charge in [0.05, 0.1) is 11.7 Å². The first-order chi connectivity index (χ1) is 11.8. The fourth-order valence-corrected chi connectivity index (χ4v) is 3.62. The number of amides is 2. The summed E-state index contributed by atoms with van der Waals surface area (Å²) in [6.07, 6.45) is 2.40. The van der Waals surface area contributed by atoms with Crippen molar-refractivity contribution in [1.82, 2.24) is 20.4 Å². The van der Waals surface area contributed by atoms with E-state index >= 15 is 0 Å². The summed E-state index contributed by atoms with van der Waals surface area (Å²) >= 11 is 0. The van der Waals surface area contributed by atoms with E-state index in [0.29, 0.717) is 0 Å². The lowest BCUT2D eigenvalue weighted by molar-refractivity contribution is 0.233. The first-order valence-corrected chi connectivity index (χ1v) is 8.69. The molecule has 1 aliphatic rings. The van der Waals surface area contributed by atoms with Crippen LogP contribution in [0.15, 0.2) is 18.2 Å². The number of carbonyl (C=O) groups excluding carboxylic acids is 1. The van der Waals surface area contributed by atoms with Gasteiger partial charge in [-0.1, -0.05) is 6.07 Å². The van der Waals surface area contributed by atoms with E-state index in [1.165, 1.54) is 17.7 Å². The van der Waals surface area contributed by atoms with Crippen molar-refractivity contribution in [3.8, 4) is 0 Å². The fraction of sp³-hybridized carbons (Fsp3) is 0.474. The molecule has 1 aromatic carbocycles. The molecule has 25 heavy (non-hydrogen) atoms. The molecule has 1 heterocycles. The molecule has 134 valence electrons. The van der Waals surface area contributed by atoms with Crippen molar-refractivity contribution in [3.63, 3.8) is 0 Å². The molecule has 2 atom stereocenters. The molecule has 0 spiro atoms. The van der Waals surface area contributed by atoms with Crippen molar-refractivity contribution < 1.29 is 9.18 Å². The molecule has 6 heteroatoms. The SMILES string of the molecule is Cc1nn(C)c(C)c1C[C@@H](C)NC(=O)N[C@H]1CCc2ccc(F)cc21. The van der Waals surface area contributed by atoms with Gasteiger partial charge in [0.1, 0.15) is 5.82 Å². The van der Waals surface area contributed by atoms with Crippen molar-refractivity contribution in [3.05, 3.63) is 52.1 Å². The van der Waals surface area contributed by atoms with E-state index < -0.39 is 0 Å². The number of nitrogens with zero attached hydrogens (tertiary/aromatic N) is 2. The van der Waals surface area contributed by atoms with E-state index in [4.69, 9.17) is 0 Å². The zero-order valence-electron chi connectivity index (χ0n) is 15.2. The molecule has 0 unspecified atom stereocenters. The Morgan fingerprint density at radius 1 is 1.44 bits per heavy atom. The van der Waals surface area contributed by atoms with Crippen LogP contribution in [0.1, 0.15) is 47.5 Å². The minimum atomic E-state index is -0.260. The summed E-state index contributed by atoms with van der Waals surface area (Å²) < 4.78 is 15.3. The van der Waals surface area contributed by atoms with Crippen LogP contribution in [-0.4, -0.2) is 21.9 Å². The quantitative estimate of drug-likeness (QED) is 0.895. The van der Waals surface area contributed by atoms with Crippen LogP contribution in [0.2, 0.25) is 0 Å². The summed E-state index contributed by atoms with van der Waals surface area (Å²) in [5.41, 5.74) is 5.28. The largest absolute Gasteiger partial charge is 0.335 e. The average Bonchev–Trinajstić information content (AvgIpc) is 3.03. The Morgan fingerprint density at radius 3 is 2.88 bits per heavy atom. The molecule has 2 amide bonds. The Labute approximate surface area is 147 Å². The lowest BCUT2D eigenvalue weighted by atomic mass is 10.1. The molecule has 1 aliphatic carbocycles. The number of carbonyl (C=O) groups is 1. The number of benzene rings is 1. The molecule has 5 nitrogen and oxygen atoms in total. The predicted molar refractivity (Wildman–Crippen MR) is 95.0 cm³/mol. The lowest BCUT2D eigenvalue weighted by Gasteiger charge is -2.19. The van der Waals surface area contributed by atoms with E-state index in [1.807, 2.05) is 32.5 Å². The third-order valence-corrected chi connectivity index (χ3v) is 5.04. The number of fused-ring (bicyclic) bond motifs is 1. The van der Waals surface area contributed by atoms with Crippen LogP contribution in [0.25, 0.3) is 0 Å². The second kappa shape index (κ2) is 6.86. The van der Waals surface area contributed by atoms with Crippen LogP contribution in [0.5, 0.6) is 0 Å². The maximum atomic E-state index is 13.5. The van der Waals surface area contributed by atoms with Crippen LogP contribution in [-0.2, 0) is 19.9 Å². The van der Waals surface area contributed by atoms with E-state index in [1.54, 1.807) is 6.07 Å². The number of rotatable bonds is 4. The van der Waals surface area contributed by atoms with Crippen LogP contribution < -0.4 is 10.6 Å². The summed E-state index contributed by atoms with van der Waals surface area (Å²) in [4.78, 5) is 12.3. The van der Waals surface area contributed by atoms with Crippen molar-refractivity contribution in [2.75, 3.05) is 0 Å². The number of aromatic nitrogens is 2. The highest BCUT2D eigenvalue weighted by atomic mass is 19.1. The topological polar surface area (TPSA) is 59.0 Å². The third kappa shape index (κ3) is 3.67. The first-order valence-electron chi connectivity index (χ1n) is 8.69. The van der Waals surface area contributed by atoms with Gasteiger partial charge in [0.25, 0.3) is 0 Å². The highest BCUT2D eigenvalue weighted by Gasteiger charge is 2.25. The van der Waals surface area contributed by atoms with E-state index in [0.717, 1.165) is 41.8 Å². The zero-order chi connectivity index (χ0) is 18.1. The van der Waals surface area contributed by atoms with E-state index in [9.17, 15) is 9.18 Å². The second-order valence-corrected chi connectivity index (χ2v) is 6.93. The van der Waals surface area contributed by atoms with Crippen LogP contribution >= 0.6 is 0 Å². The predicted octanol–water partition coefficient (Wildman–Crippen LogP) is 3.09. The van der Waals surface area contributed by atoms with Crippen molar-refractivity contribution >= 4 is 6.03 Å². The smallest absolute Gasteiger partial charge is 0.315 e. The maximum Gasteiger partial charge on any atom is 0.315 e. The number of halogens is 1. The van der Waals surface area contributed by atoms with Crippen molar-refractivity contribution in [1.29, 1.82) is 0 Å². The maximum absolute atomic E-state index is 13.5.